The second-order valence-corrected chi connectivity index (χ2v) is 7.80. The Balaban J connectivity index is 1.62. The lowest BCUT2D eigenvalue weighted by Gasteiger charge is -2.17. The van der Waals surface area contributed by atoms with Crippen molar-refractivity contribution in [2.45, 2.75) is 5.16 Å². The van der Waals surface area contributed by atoms with Gasteiger partial charge in [0.15, 0.2) is 11.0 Å². The van der Waals surface area contributed by atoms with Gasteiger partial charge in [0.1, 0.15) is 5.82 Å². The molecule has 0 aliphatic heterocycles. The summed E-state index contributed by atoms with van der Waals surface area (Å²) in [5.74, 6) is -0.114. The molecule has 0 spiro atoms. The molecule has 0 atom stereocenters. The van der Waals surface area contributed by atoms with Gasteiger partial charge in [-0.2, -0.15) is 5.26 Å². The molecular weight excluding hydrogens is 425 g/mol. The number of amides is 1. The van der Waals surface area contributed by atoms with E-state index in [-0.39, 0.29) is 11.7 Å². The van der Waals surface area contributed by atoms with Gasteiger partial charge >= 0.3 is 0 Å². The van der Waals surface area contributed by atoms with Crippen LogP contribution >= 0.6 is 11.8 Å². The number of hydrogen-bond donors (Lipinski definition) is 0. The average molecular weight is 444 g/mol. The standard InChI is InChI=1S/C24H18FN5OS/c1-29(19-11-7-8-17(14-19)15-26)22(31)16-32-24-28-27-23(20-12-5-6-13-21(20)25)30(24)18-9-3-2-4-10-18/h2-14H,16H2,1H3. The minimum Gasteiger partial charge on any atom is -0.315 e. The van der Waals surface area contributed by atoms with Crippen LogP contribution in [-0.2, 0) is 4.79 Å². The smallest absolute Gasteiger partial charge is 0.237 e. The number of hydrogen-bond acceptors (Lipinski definition) is 5. The van der Waals surface area contributed by atoms with Gasteiger partial charge in [-0.3, -0.25) is 9.36 Å². The Bertz CT molecular complexity index is 1300. The summed E-state index contributed by atoms with van der Waals surface area (Å²) in [4.78, 5) is 14.3. The Kier molecular flexibility index (Phi) is 6.29. The second-order valence-electron chi connectivity index (χ2n) is 6.86. The third kappa shape index (κ3) is 4.38. The first-order valence-corrected chi connectivity index (χ1v) is 10.7. The van der Waals surface area contributed by atoms with Crippen LogP contribution in [0.2, 0.25) is 0 Å². The zero-order valence-corrected chi connectivity index (χ0v) is 18.0. The predicted molar refractivity (Wildman–Crippen MR) is 122 cm³/mol. The minimum atomic E-state index is -0.401. The van der Waals surface area contributed by atoms with E-state index in [0.717, 1.165) is 5.69 Å². The van der Waals surface area contributed by atoms with Crippen molar-refractivity contribution in [2.75, 3.05) is 17.7 Å². The van der Waals surface area contributed by atoms with E-state index in [1.54, 1.807) is 54.1 Å². The molecule has 32 heavy (non-hydrogen) atoms. The van der Waals surface area contributed by atoms with E-state index in [9.17, 15) is 9.18 Å². The zero-order valence-electron chi connectivity index (χ0n) is 17.1. The number of para-hydroxylation sites is 1. The SMILES string of the molecule is CN(C(=O)CSc1nnc(-c2ccccc2F)n1-c1ccccc1)c1cccc(C#N)c1. The van der Waals surface area contributed by atoms with E-state index in [4.69, 9.17) is 5.26 Å². The monoisotopic (exact) mass is 443 g/mol. The number of anilines is 1. The summed E-state index contributed by atoms with van der Waals surface area (Å²) in [5.41, 5.74) is 2.20. The zero-order chi connectivity index (χ0) is 22.5. The summed E-state index contributed by atoms with van der Waals surface area (Å²) >= 11 is 1.21. The van der Waals surface area contributed by atoms with Crippen LogP contribution in [0.3, 0.4) is 0 Å². The first-order chi connectivity index (χ1) is 15.6. The molecule has 0 saturated heterocycles. The van der Waals surface area contributed by atoms with Crippen molar-refractivity contribution in [3.05, 3.63) is 90.2 Å². The topological polar surface area (TPSA) is 74.8 Å². The molecule has 0 fully saturated rings. The van der Waals surface area contributed by atoms with Gasteiger partial charge in [0.2, 0.25) is 5.91 Å². The Morgan fingerprint density at radius 2 is 1.81 bits per heavy atom. The Morgan fingerprint density at radius 1 is 1.06 bits per heavy atom. The average Bonchev–Trinajstić information content (AvgIpc) is 3.26. The lowest BCUT2D eigenvalue weighted by Crippen LogP contribution is -2.28. The molecule has 0 radical (unpaired) electrons. The fourth-order valence-electron chi connectivity index (χ4n) is 3.14. The minimum absolute atomic E-state index is 0.0928. The summed E-state index contributed by atoms with van der Waals surface area (Å²) in [6.07, 6.45) is 0. The van der Waals surface area contributed by atoms with Gasteiger partial charge in [-0.05, 0) is 42.5 Å². The van der Waals surface area contributed by atoms with Gasteiger partial charge in [-0.1, -0.05) is 48.2 Å². The maximum absolute atomic E-state index is 14.5. The Labute approximate surface area is 188 Å². The normalized spacial score (nSPS) is 10.5. The molecule has 4 aromatic rings. The van der Waals surface area contributed by atoms with Crippen LogP contribution < -0.4 is 4.90 Å². The third-order valence-corrected chi connectivity index (χ3v) is 5.74. The lowest BCUT2D eigenvalue weighted by molar-refractivity contribution is -0.115. The van der Waals surface area contributed by atoms with E-state index in [0.29, 0.717) is 27.8 Å². The number of carbonyl (C=O) groups is 1. The number of nitrogens with zero attached hydrogens (tertiary/aromatic N) is 5. The molecule has 0 aliphatic rings. The number of carbonyl (C=O) groups excluding carboxylic acids is 1. The van der Waals surface area contributed by atoms with Gasteiger partial charge in [0.05, 0.1) is 22.9 Å². The molecule has 158 valence electrons. The number of thioether (sulfide) groups is 1. The molecule has 1 aromatic heterocycles. The van der Waals surface area contributed by atoms with Gasteiger partial charge < -0.3 is 4.90 Å². The van der Waals surface area contributed by atoms with Gasteiger partial charge in [0.25, 0.3) is 0 Å². The molecule has 0 aliphatic carbocycles. The van der Waals surface area contributed by atoms with Crippen molar-refractivity contribution < 1.29 is 9.18 Å². The van der Waals surface area contributed by atoms with Crippen LogP contribution in [-0.4, -0.2) is 33.5 Å². The number of aromatic nitrogens is 3. The number of benzene rings is 3. The largest absolute Gasteiger partial charge is 0.315 e. The van der Waals surface area contributed by atoms with Crippen molar-refractivity contribution in [1.82, 2.24) is 14.8 Å². The molecule has 0 N–H and O–H groups in total. The number of rotatable bonds is 6. The van der Waals surface area contributed by atoms with E-state index >= 15 is 0 Å². The number of halogens is 1. The van der Waals surface area contributed by atoms with E-state index in [1.165, 1.54) is 22.7 Å². The highest BCUT2D eigenvalue weighted by Gasteiger charge is 2.20. The van der Waals surface area contributed by atoms with Crippen molar-refractivity contribution in [3.63, 3.8) is 0 Å². The molecule has 1 amide bonds. The highest BCUT2D eigenvalue weighted by molar-refractivity contribution is 7.99. The van der Waals surface area contributed by atoms with Crippen LogP contribution in [0, 0.1) is 17.1 Å². The highest BCUT2D eigenvalue weighted by Crippen LogP contribution is 2.29. The molecule has 0 unspecified atom stereocenters. The third-order valence-electron chi connectivity index (χ3n) is 4.82. The second kappa shape index (κ2) is 9.45. The first kappa shape index (κ1) is 21.3. The summed E-state index contributed by atoms with van der Waals surface area (Å²) in [5, 5.41) is 18.0. The van der Waals surface area contributed by atoms with Crippen molar-refractivity contribution >= 4 is 23.4 Å². The maximum atomic E-state index is 14.5. The van der Waals surface area contributed by atoms with Gasteiger partial charge in [0, 0.05) is 18.4 Å². The molecule has 1 heterocycles. The van der Waals surface area contributed by atoms with Gasteiger partial charge in [-0.25, -0.2) is 4.39 Å². The van der Waals surface area contributed by atoms with Crippen molar-refractivity contribution in [1.29, 1.82) is 5.26 Å². The van der Waals surface area contributed by atoms with E-state index < -0.39 is 5.82 Å². The quantitative estimate of drug-likeness (QED) is 0.404. The fourth-order valence-corrected chi connectivity index (χ4v) is 4.01. The number of nitriles is 1. The molecule has 0 saturated carbocycles. The van der Waals surface area contributed by atoms with Crippen LogP contribution in [0.25, 0.3) is 17.1 Å². The summed E-state index contributed by atoms with van der Waals surface area (Å²) < 4.78 is 16.2. The van der Waals surface area contributed by atoms with Crippen LogP contribution in [0.5, 0.6) is 0 Å². The van der Waals surface area contributed by atoms with Gasteiger partial charge in [-0.15, -0.1) is 10.2 Å². The van der Waals surface area contributed by atoms with E-state index in [2.05, 4.69) is 16.3 Å². The highest BCUT2D eigenvalue weighted by atomic mass is 32.2. The molecule has 4 rings (SSSR count). The van der Waals surface area contributed by atoms with Crippen LogP contribution in [0.4, 0.5) is 10.1 Å². The molecule has 6 nitrogen and oxygen atoms in total. The molecular formula is C24H18FN5OS. The summed E-state index contributed by atoms with van der Waals surface area (Å²) in [6.45, 7) is 0. The molecule has 8 heteroatoms. The first-order valence-electron chi connectivity index (χ1n) is 9.73. The van der Waals surface area contributed by atoms with E-state index in [1.807, 2.05) is 30.3 Å². The fraction of sp³-hybridized carbons (Fsp3) is 0.0833. The lowest BCUT2D eigenvalue weighted by atomic mass is 10.2. The Morgan fingerprint density at radius 3 is 2.56 bits per heavy atom. The summed E-state index contributed by atoms with van der Waals surface area (Å²) in [7, 11) is 1.66. The Hall–Kier alpha value is -3.96. The van der Waals surface area contributed by atoms with Crippen molar-refractivity contribution in [3.8, 4) is 23.1 Å². The van der Waals surface area contributed by atoms with Crippen LogP contribution in [0.15, 0.2) is 84.0 Å². The molecule has 3 aromatic carbocycles. The van der Waals surface area contributed by atoms with Crippen molar-refractivity contribution in [2.24, 2.45) is 0 Å². The predicted octanol–water partition coefficient (Wildman–Crippen LogP) is 4.70. The maximum Gasteiger partial charge on any atom is 0.237 e. The summed E-state index contributed by atoms with van der Waals surface area (Å²) in [6, 6.07) is 24.7. The molecule has 0 bridgehead atoms. The van der Waals surface area contributed by atoms with Crippen LogP contribution in [0.1, 0.15) is 5.56 Å².